The first-order valence-corrected chi connectivity index (χ1v) is 30.3. The molecule has 0 saturated carbocycles. The summed E-state index contributed by atoms with van der Waals surface area (Å²) in [7, 11) is 0. The predicted octanol–water partition coefficient (Wildman–Crippen LogP) is 21.0. The Balaban J connectivity index is 1.29. The molecule has 0 radical (unpaired) electrons. The molecule has 0 fully saturated rings. The Kier molecular flexibility index (Phi) is 30.0. The minimum absolute atomic E-state index is 1.06. The number of benzene rings is 5. The van der Waals surface area contributed by atoms with Crippen molar-refractivity contribution >= 4 is 32.9 Å². The summed E-state index contributed by atoms with van der Waals surface area (Å²) in [5, 5.41) is 4.66. The van der Waals surface area contributed by atoms with E-state index in [2.05, 4.69) is 158 Å². The Morgan fingerprint density at radius 1 is 0.250 bits per heavy atom. The molecule has 0 heterocycles. The van der Waals surface area contributed by atoms with Crippen LogP contribution in [0.25, 0.3) is 21.5 Å². The maximum atomic E-state index is 3.69. The monoisotopic (exact) mass is 969 g/mol. The van der Waals surface area contributed by atoms with Crippen LogP contribution in [0.1, 0.15) is 255 Å². The van der Waals surface area contributed by atoms with Crippen molar-refractivity contribution in [2.45, 2.75) is 233 Å². The Morgan fingerprint density at radius 3 is 0.708 bits per heavy atom. The maximum absolute atomic E-state index is 3.69. The van der Waals surface area contributed by atoms with Gasteiger partial charge in [0.25, 0.3) is 0 Å². The van der Waals surface area contributed by atoms with E-state index in [0.717, 1.165) is 48.4 Å². The van der Waals surface area contributed by atoms with Crippen LogP contribution in [0.5, 0.6) is 0 Å². The molecule has 2 nitrogen and oxygen atoms in total. The third-order valence-corrected chi connectivity index (χ3v) is 15.2. The van der Waals surface area contributed by atoms with E-state index in [0.29, 0.717) is 0 Å². The summed E-state index contributed by atoms with van der Waals surface area (Å²) < 4.78 is 0. The molecule has 0 unspecified atom stereocenters. The first-order valence-electron chi connectivity index (χ1n) is 30.3. The van der Waals surface area contributed by atoms with Crippen molar-refractivity contribution in [1.82, 2.24) is 0 Å². The summed E-state index contributed by atoms with van der Waals surface area (Å²) in [6.45, 7) is 13.8. The van der Waals surface area contributed by atoms with Gasteiger partial charge < -0.3 is 9.80 Å². The number of anilines is 2. The van der Waals surface area contributed by atoms with Gasteiger partial charge in [-0.2, -0.15) is 0 Å². The molecule has 0 saturated heterocycles. The van der Waals surface area contributed by atoms with Gasteiger partial charge in [0.1, 0.15) is 0 Å². The van der Waals surface area contributed by atoms with E-state index >= 15 is 0 Å². The highest BCUT2D eigenvalue weighted by atomic mass is 15.1. The highest BCUT2D eigenvalue weighted by Gasteiger charge is 2.13. The molecule has 5 aromatic carbocycles. The second-order valence-corrected chi connectivity index (χ2v) is 21.3. The van der Waals surface area contributed by atoms with Gasteiger partial charge in [0.05, 0.1) is 0 Å². The van der Waals surface area contributed by atoms with Crippen molar-refractivity contribution in [3.05, 3.63) is 119 Å². The van der Waals surface area contributed by atoms with Crippen molar-refractivity contribution in [3.63, 3.8) is 0 Å². The van der Waals surface area contributed by atoms with Gasteiger partial charge in [0.2, 0.25) is 0 Å². The zero-order valence-electron chi connectivity index (χ0n) is 46.6. The third kappa shape index (κ3) is 21.8. The predicted molar refractivity (Wildman–Crippen MR) is 321 cm³/mol. The molecule has 0 bridgehead atoms. The molecular formula is C70H100N2. The van der Waals surface area contributed by atoms with E-state index < -0.39 is 0 Å². The average molecular weight is 970 g/mol. The lowest BCUT2D eigenvalue weighted by Gasteiger charge is -2.25. The normalized spacial score (nSPS) is 11.2. The van der Waals surface area contributed by atoms with E-state index in [1.807, 2.05) is 0 Å². The van der Waals surface area contributed by atoms with Gasteiger partial charge in [0, 0.05) is 59.8 Å². The molecule has 2 heteroatoms. The number of hydrogen-bond donors (Lipinski definition) is 0. The van der Waals surface area contributed by atoms with E-state index in [1.165, 1.54) is 238 Å². The average Bonchev–Trinajstić information content (AvgIpc) is 3.41. The van der Waals surface area contributed by atoms with Gasteiger partial charge in [-0.15, -0.1) is 0 Å². The lowest BCUT2D eigenvalue weighted by atomic mass is 9.92. The third-order valence-electron chi connectivity index (χ3n) is 15.2. The molecule has 72 heavy (non-hydrogen) atoms. The fraction of sp³-hybridized carbons (Fsp3) is 0.571. The minimum atomic E-state index is 1.06. The van der Waals surface area contributed by atoms with Crippen LogP contribution in [-0.2, 0) is 0 Å². The fourth-order valence-electron chi connectivity index (χ4n) is 10.7. The summed E-state index contributed by atoms with van der Waals surface area (Å²) in [6, 6.07) is 35.8. The zero-order chi connectivity index (χ0) is 50.5. The van der Waals surface area contributed by atoms with Crippen LogP contribution in [0.3, 0.4) is 0 Å². The summed E-state index contributed by atoms with van der Waals surface area (Å²) in [4.78, 5) is 5.32. The van der Waals surface area contributed by atoms with Crippen LogP contribution in [0, 0.1) is 23.7 Å². The minimum Gasteiger partial charge on any atom is -0.372 e. The number of fused-ring (bicyclic) bond motifs is 2. The maximum Gasteiger partial charge on any atom is 0.0406 e. The highest BCUT2D eigenvalue weighted by molar-refractivity contribution is 6.09. The quantitative estimate of drug-likeness (QED) is 0.0221. The van der Waals surface area contributed by atoms with Crippen LogP contribution in [-0.4, -0.2) is 26.2 Å². The van der Waals surface area contributed by atoms with Gasteiger partial charge in [-0.1, -0.05) is 280 Å². The van der Waals surface area contributed by atoms with Crippen LogP contribution < -0.4 is 9.80 Å². The molecule has 0 N–H and O–H groups in total. The summed E-state index contributed by atoms with van der Waals surface area (Å²) >= 11 is 0. The topological polar surface area (TPSA) is 6.48 Å². The lowest BCUT2D eigenvalue weighted by molar-refractivity contribution is 0.555. The van der Waals surface area contributed by atoms with Crippen LogP contribution in [0.15, 0.2) is 97.1 Å². The van der Waals surface area contributed by atoms with Gasteiger partial charge in [0.15, 0.2) is 0 Å². The summed E-state index contributed by atoms with van der Waals surface area (Å²) in [5.41, 5.74) is 6.98. The smallest absolute Gasteiger partial charge is 0.0406 e. The molecule has 0 amide bonds. The number of unbranched alkanes of at least 4 members (excludes halogenated alkanes) is 28. The Labute approximate surface area is 442 Å². The number of nitrogens with zero attached hydrogens (tertiary/aromatic N) is 2. The standard InChI is InChI=1S/C70H100N2/c1-5-9-13-17-21-25-29-37-57-71(58-38-30-26-22-18-14-10-6-2)63-51-45-61(46-52-63)49-55-69-65-41-33-35-43-67(65)70(68-44-36-34-42-66(68)69)56-50-62-47-53-64(54-48-62)72(59-39-31-27-23-19-15-11-7-3)60-40-32-28-24-20-16-12-8-4/h33-36,41-48,51-54H,5-32,37-40,57-60H2,1-4H3. The van der Waals surface area contributed by atoms with Crippen molar-refractivity contribution in [2.75, 3.05) is 36.0 Å². The molecular weight excluding hydrogens is 869 g/mol. The van der Waals surface area contributed by atoms with Crippen LogP contribution >= 0.6 is 0 Å². The molecule has 5 aromatic rings. The number of rotatable bonds is 38. The van der Waals surface area contributed by atoms with Gasteiger partial charge >= 0.3 is 0 Å². The Hall–Kier alpha value is -4.66. The molecule has 0 aliphatic heterocycles. The van der Waals surface area contributed by atoms with Gasteiger partial charge in [-0.25, -0.2) is 0 Å². The Bertz CT molecular complexity index is 2040. The summed E-state index contributed by atoms with van der Waals surface area (Å²) in [5.74, 6) is 14.6. The van der Waals surface area contributed by atoms with Crippen LogP contribution in [0.2, 0.25) is 0 Å². The molecule has 0 atom stereocenters. The zero-order valence-corrected chi connectivity index (χ0v) is 46.6. The molecule has 0 aliphatic carbocycles. The SMILES string of the molecule is CCCCCCCCCCN(CCCCCCCCCC)c1ccc(C#Cc2c3ccccc3c(C#Cc3ccc(N(CCCCCCCCCC)CCCCCCCCCC)cc3)c3ccccc23)cc1. The van der Waals surface area contributed by atoms with Crippen molar-refractivity contribution in [3.8, 4) is 23.7 Å². The second-order valence-electron chi connectivity index (χ2n) is 21.3. The fourth-order valence-corrected chi connectivity index (χ4v) is 10.7. The number of hydrogen-bond acceptors (Lipinski definition) is 2. The van der Waals surface area contributed by atoms with Gasteiger partial charge in [-0.3, -0.25) is 0 Å². The lowest BCUT2D eigenvalue weighted by Crippen LogP contribution is -2.25. The van der Waals surface area contributed by atoms with Crippen molar-refractivity contribution in [2.24, 2.45) is 0 Å². The molecule has 0 aliphatic rings. The molecule has 0 aromatic heterocycles. The Morgan fingerprint density at radius 2 is 0.472 bits per heavy atom. The van der Waals surface area contributed by atoms with E-state index in [9.17, 15) is 0 Å². The molecule has 5 rings (SSSR count). The highest BCUT2D eigenvalue weighted by Crippen LogP contribution is 2.33. The van der Waals surface area contributed by atoms with Crippen molar-refractivity contribution < 1.29 is 0 Å². The molecule has 390 valence electrons. The summed E-state index contributed by atoms with van der Waals surface area (Å²) in [6.07, 6.45) is 43.5. The molecule has 0 spiro atoms. The largest absolute Gasteiger partial charge is 0.372 e. The second kappa shape index (κ2) is 37.1. The van der Waals surface area contributed by atoms with Crippen LogP contribution in [0.4, 0.5) is 11.4 Å². The van der Waals surface area contributed by atoms with Crippen molar-refractivity contribution in [1.29, 1.82) is 0 Å². The van der Waals surface area contributed by atoms with E-state index in [-0.39, 0.29) is 0 Å². The van der Waals surface area contributed by atoms with Gasteiger partial charge in [-0.05, 0) is 95.8 Å². The van der Waals surface area contributed by atoms with E-state index in [1.54, 1.807) is 0 Å². The first-order chi connectivity index (χ1) is 35.7. The first kappa shape index (κ1) is 58.2. The van der Waals surface area contributed by atoms with E-state index in [4.69, 9.17) is 0 Å².